The smallest absolute Gasteiger partial charge is 0.124 e. The van der Waals surface area contributed by atoms with Gasteiger partial charge in [0.15, 0.2) is 0 Å². The second kappa shape index (κ2) is 14.8. The van der Waals surface area contributed by atoms with Crippen molar-refractivity contribution in [3.05, 3.63) is 29.3 Å². The highest BCUT2D eigenvalue weighted by Gasteiger charge is 2.05. The van der Waals surface area contributed by atoms with E-state index in [0.29, 0.717) is 5.56 Å². The van der Waals surface area contributed by atoms with Crippen LogP contribution in [0.15, 0.2) is 23.4 Å². The van der Waals surface area contributed by atoms with Crippen LogP contribution >= 0.6 is 0 Å². The first-order valence-electron chi connectivity index (χ1n) is 10.3. The zero-order valence-electron chi connectivity index (χ0n) is 16.1. The predicted molar refractivity (Wildman–Crippen MR) is 107 cm³/mol. The molecule has 0 aliphatic rings. The van der Waals surface area contributed by atoms with Crippen molar-refractivity contribution < 1.29 is 10.3 Å². The number of phenols is 1. The molecule has 0 amide bonds. The summed E-state index contributed by atoms with van der Waals surface area (Å²) in [4.78, 5) is 0. The number of hydrogen-bond acceptors (Lipinski definition) is 3. The number of oxime groups is 1. The standard InChI is InChI=1S/C22H37NO2/c1-2-3-4-5-6-7-8-9-10-11-12-13-14-16-20-17-15-18-22(24)21(20)19-23-25/h15,17-19,24-25H,2-14,16H2,1H3. The molecule has 0 atom stereocenters. The third-order valence-electron chi connectivity index (χ3n) is 4.91. The van der Waals surface area contributed by atoms with E-state index in [-0.39, 0.29) is 5.75 Å². The first-order chi connectivity index (χ1) is 12.3. The van der Waals surface area contributed by atoms with Crippen LogP contribution in [-0.4, -0.2) is 16.5 Å². The van der Waals surface area contributed by atoms with Crippen LogP contribution in [0.3, 0.4) is 0 Å². The van der Waals surface area contributed by atoms with Crippen molar-refractivity contribution in [2.24, 2.45) is 5.16 Å². The average molecular weight is 348 g/mol. The third kappa shape index (κ3) is 10.2. The van der Waals surface area contributed by atoms with Gasteiger partial charge in [-0.3, -0.25) is 0 Å². The van der Waals surface area contributed by atoms with Crippen molar-refractivity contribution in [3.63, 3.8) is 0 Å². The monoisotopic (exact) mass is 347 g/mol. The van der Waals surface area contributed by atoms with Crippen LogP contribution in [0.4, 0.5) is 0 Å². The lowest BCUT2D eigenvalue weighted by atomic mass is 10.00. The lowest BCUT2D eigenvalue weighted by Gasteiger charge is -2.07. The molecule has 142 valence electrons. The zero-order chi connectivity index (χ0) is 18.2. The Morgan fingerprint density at radius 3 is 1.84 bits per heavy atom. The van der Waals surface area contributed by atoms with E-state index in [2.05, 4.69) is 12.1 Å². The summed E-state index contributed by atoms with van der Waals surface area (Å²) in [5, 5.41) is 21.6. The second-order valence-electron chi connectivity index (χ2n) is 7.09. The number of unbranched alkanes of at least 4 members (excludes halogenated alkanes) is 12. The highest BCUT2D eigenvalue weighted by molar-refractivity contribution is 5.85. The molecular weight excluding hydrogens is 310 g/mol. The highest BCUT2D eigenvalue weighted by atomic mass is 16.4. The predicted octanol–water partition coefficient (Wildman–Crippen LogP) is 6.83. The quantitative estimate of drug-likeness (QED) is 0.158. The van der Waals surface area contributed by atoms with Gasteiger partial charge in [-0.1, -0.05) is 101 Å². The van der Waals surface area contributed by atoms with Crippen molar-refractivity contribution in [3.8, 4) is 5.75 Å². The van der Waals surface area contributed by atoms with E-state index in [1.54, 1.807) is 6.07 Å². The summed E-state index contributed by atoms with van der Waals surface area (Å²) >= 11 is 0. The molecule has 1 rings (SSSR count). The summed E-state index contributed by atoms with van der Waals surface area (Å²) in [6.45, 7) is 2.27. The summed E-state index contributed by atoms with van der Waals surface area (Å²) in [6, 6.07) is 5.48. The molecule has 0 radical (unpaired) electrons. The van der Waals surface area contributed by atoms with Crippen LogP contribution < -0.4 is 0 Å². The molecule has 0 unspecified atom stereocenters. The molecule has 1 aromatic rings. The fourth-order valence-electron chi connectivity index (χ4n) is 3.36. The largest absolute Gasteiger partial charge is 0.507 e. The molecule has 0 saturated carbocycles. The summed E-state index contributed by atoms with van der Waals surface area (Å²) in [7, 11) is 0. The third-order valence-corrected chi connectivity index (χ3v) is 4.91. The number of phenolic OH excluding ortho intramolecular Hbond substituents is 1. The molecule has 0 bridgehead atoms. The van der Waals surface area contributed by atoms with E-state index in [0.717, 1.165) is 18.4 Å². The SMILES string of the molecule is CCCCCCCCCCCCCCCc1cccc(O)c1C=NO. The van der Waals surface area contributed by atoms with Crippen molar-refractivity contribution in [1.82, 2.24) is 0 Å². The Morgan fingerprint density at radius 1 is 0.800 bits per heavy atom. The zero-order valence-corrected chi connectivity index (χ0v) is 16.1. The Morgan fingerprint density at radius 2 is 1.32 bits per heavy atom. The first kappa shape index (κ1) is 21.5. The molecule has 3 nitrogen and oxygen atoms in total. The molecule has 0 saturated heterocycles. The number of hydrogen-bond donors (Lipinski definition) is 2. The van der Waals surface area contributed by atoms with Crippen molar-refractivity contribution in [2.45, 2.75) is 96.8 Å². The normalized spacial score (nSPS) is 11.4. The van der Waals surface area contributed by atoms with Gasteiger partial charge in [0.2, 0.25) is 0 Å². The topological polar surface area (TPSA) is 52.8 Å². The molecule has 0 aromatic heterocycles. The van der Waals surface area contributed by atoms with Gasteiger partial charge in [0.05, 0.1) is 6.21 Å². The molecule has 0 fully saturated rings. The van der Waals surface area contributed by atoms with Crippen LogP contribution in [-0.2, 0) is 6.42 Å². The lowest BCUT2D eigenvalue weighted by Crippen LogP contribution is -1.94. The van der Waals surface area contributed by atoms with Crippen molar-refractivity contribution in [2.75, 3.05) is 0 Å². The molecule has 0 spiro atoms. The summed E-state index contributed by atoms with van der Waals surface area (Å²) in [5.74, 6) is 0.185. The van der Waals surface area contributed by atoms with Gasteiger partial charge < -0.3 is 10.3 Å². The van der Waals surface area contributed by atoms with Crippen molar-refractivity contribution >= 4 is 6.21 Å². The van der Waals surface area contributed by atoms with Gasteiger partial charge in [0, 0.05) is 5.56 Å². The van der Waals surface area contributed by atoms with Crippen LogP contribution in [0.1, 0.15) is 102 Å². The fourth-order valence-corrected chi connectivity index (χ4v) is 3.36. The summed E-state index contributed by atoms with van der Waals surface area (Å²) in [5.41, 5.74) is 1.70. The van der Waals surface area contributed by atoms with E-state index in [9.17, 15) is 5.11 Å². The number of rotatable bonds is 15. The molecule has 0 aliphatic heterocycles. The van der Waals surface area contributed by atoms with Gasteiger partial charge in [-0.15, -0.1) is 0 Å². The molecule has 3 heteroatoms. The summed E-state index contributed by atoms with van der Waals surface area (Å²) in [6.07, 6.45) is 19.8. The molecule has 2 N–H and O–H groups in total. The van der Waals surface area contributed by atoms with Crippen LogP contribution in [0.25, 0.3) is 0 Å². The molecule has 0 heterocycles. The number of nitrogens with zero attached hydrogens (tertiary/aromatic N) is 1. The van der Waals surface area contributed by atoms with Gasteiger partial charge in [0.1, 0.15) is 5.75 Å². The summed E-state index contributed by atoms with van der Waals surface area (Å²) < 4.78 is 0. The minimum absolute atomic E-state index is 0.185. The molecule has 25 heavy (non-hydrogen) atoms. The maximum absolute atomic E-state index is 9.82. The fraction of sp³-hybridized carbons (Fsp3) is 0.682. The Bertz CT molecular complexity index is 471. The van der Waals surface area contributed by atoms with Crippen LogP contribution in [0, 0.1) is 0 Å². The molecule has 0 aliphatic carbocycles. The van der Waals surface area contributed by atoms with Gasteiger partial charge in [-0.25, -0.2) is 0 Å². The van der Waals surface area contributed by atoms with Gasteiger partial charge in [-0.05, 0) is 24.5 Å². The minimum atomic E-state index is 0.185. The average Bonchev–Trinajstić information content (AvgIpc) is 2.61. The van der Waals surface area contributed by atoms with Crippen LogP contribution in [0.2, 0.25) is 0 Å². The van der Waals surface area contributed by atoms with E-state index >= 15 is 0 Å². The Kier molecular flexibility index (Phi) is 12.7. The number of benzene rings is 1. The van der Waals surface area contributed by atoms with E-state index in [1.165, 1.54) is 83.3 Å². The minimum Gasteiger partial charge on any atom is -0.507 e. The van der Waals surface area contributed by atoms with E-state index < -0.39 is 0 Å². The highest BCUT2D eigenvalue weighted by Crippen LogP contribution is 2.21. The van der Waals surface area contributed by atoms with E-state index in [4.69, 9.17) is 5.21 Å². The van der Waals surface area contributed by atoms with Crippen LogP contribution in [0.5, 0.6) is 5.75 Å². The maximum Gasteiger partial charge on any atom is 0.124 e. The Balaban J connectivity index is 2.00. The lowest BCUT2D eigenvalue weighted by molar-refractivity contribution is 0.321. The first-order valence-corrected chi connectivity index (χ1v) is 10.3. The van der Waals surface area contributed by atoms with Gasteiger partial charge in [0.25, 0.3) is 0 Å². The second-order valence-corrected chi connectivity index (χ2v) is 7.09. The Labute approximate surface area is 154 Å². The number of aromatic hydroxyl groups is 1. The maximum atomic E-state index is 9.82. The Hall–Kier alpha value is -1.51. The van der Waals surface area contributed by atoms with Gasteiger partial charge >= 0.3 is 0 Å². The molecule has 1 aromatic carbocycles. The van der Waals surface area contributed by atoms with Gasteiger partial charge in [-0.2, -0.15) is 0 Å². The molecular formula is C22H37NO2. The number of aryl methyl sites for hydroxylation is 1. The van der Waals surface area contributed by atoms with E-state index in [1.807, 2.05) is 12.1 Å². The van der Waals surface area contributed by atoms with Crippen molar-refractivity contribution in [1.29, 1.82) is 0 Å².